The van der Waals surface area contributed by atoms with Gasteiger partial charge in [0, 0.05) is 18.5 Å². The zero-order chi connectivity index (χ0) is 17.4. The lowest BCUT2D eigenvalue weighted by molar-refractivity contribution is 0.0730. The van der Waals surface area contributed by atoms with Crippen molar-refractivity contribution < 1.29 is 13.9 Å². The molecule has 1 amide bonds. The van der Waals surface area contributed by atoms with Gasteiger partial charge in [-0.1, -0.05) is 24.3 Å². The van der Waals surface area contributed by atoms with E-state index in [2.05, 4.69) is 6.07 Å². The van der Waals surface area contributed by atoms with Gasteiger partial charge in [0.2, 0.25) is 0 Å². The fourth-order valence-electron chi connectivity index (χ4n) is 3.22. The summed E-state index contributed by atoms with van der Waals surface area (Å²) in [5, 5.41) is 0.666. The zero-order valence-corrected chi connectivity index (χ0v) is 13.8. The van der Waals surface area contributed by atoms with E-state index >= 15 is 0 Å². The van der Waals surface area contributed by atoms with E-state index < -0.39 is 5.63 Å². The van der Waals surface area contributed by atoms with Crippen molar-refractivity contribution in [3.63, 3.8) is 0 Å². The number of carbonyl (C=O) groups is 1. The Morgan fingerprint density at radius 2 is 1.92 bits per heavy atom. The van der Waals surface area contributed by atoms with Gasteiger partial charge in [0.05, 0.1) is 7.11 Å². The molecule has 4 rings (SSSR count). The third-order valence-electron chi connectivity index (χ3n) is 4.59. The van der Waals surface area contributed by atoms with Crippen LogP contribution in [-0.4, -0.2) is 24.5 Å². The average molecular weight is 335 g/mol. The van der Waals surface area contributed by atoms with E-state index in [1.54, 1.807) is 36.3 Å². The van der Waals surface area contributed by atoms with Crippen molar-refractivity contribution in [2.45, 2.75) is 13.0 Å². The van der Waals surface area contributed by atoms with E-state index in [0.717, 1.165) is 12.0 Å². The maximum atomic E-state index is 12.9. The van der Waals surface area contributed by atoms with E-state index in [-0.39, 0.29) is 11.5 Å². The Hall–Kier alpha value is -3.08. The summed E-state index contributed by atoms with van der Waals surface area (Å²) in [6, 6.07) is 14.8. The highest BCUT2D eigenvalue weighted by atomic mass is 16.5. The highest BCUT2D eigenvalue weighted by Gasteiger charge is 2.24. The molecule has 25 heavy (non-hydrogen) atoms. The molecule has 0 N–H and O–H groups in total. The van der Waals surface area contributed by atoms with Crippen LogP contribution in [0, 0.1) is 0 Å². The predicted octanol–water partition coefficient (Wildman–Crippen LogP) is 3.00. The molecule has 5 nitrogen and oxygen atoms in total. The lowest BCUT2D eigenvalue weighted by Gasteiger charge is -2.28. The van der Waals surface area contributed by atoms with Gasteiger partial charge < -0.3 is 14.1 Å². The largest absolute Gasteiger partial charge is 0.497 e. The van der Waals surface area contributed by atoms with Crippen LogP contribution in [0.2, 0.25) is 0 Å². The van der Waals surface area contributed by atoms with Crippen LogP contribution in [0.1, 0.15) is 21.5 Å². The van der Waals surface area contributed by atoms with Gasteiger partial charge in [0.15, 0.2) is 0 Å². The number of nitrogens with zero attached hydrogens (tertiary/aromatic N) is 1. The molecule has 0 radical (unpaired) electrons. The van der Waals surface area contributed by atoms with Crippen molar-refractivity contribution in [3.05, 3.63) is 75.6 Å². The Balaban J connectivity index is 1.70. The topological polar surface area (TPSA) is 59.8 Å². The van der Waals surface area contributed by atoms with Crippen LogP contribution in [-0.2, 0) is 13.0 Å². The summed E-state index contributed by atoms with van der Waals surface area (Å²) < 4.78 is 10.5. The summed E-state index contributed by atoms with van der Waals surface area (Å²) >= 11 is 0. The number of benzene rings is 2. The molecule has 0 bridgehead atoms. The minimum atomic E-state index is -0.610. The Morgan fingerprint density at radius 1 is 1.12 bits per heavy atom. The molecule has 0 aliphatic carbocycles. The summed E-state index contributed by atoms with van der Waals surface area (Å²) in [5.74, 6) is 0.347. The number of carbonyl (C=O) groups excluding carboxylic acids is 1. The smallest absolute Gasteiger partial charge is 0.349 e. The average Bonchev–Trinajstić information content (AvgIpc) is 2.66. The first-order valence-corrected chi connectivity index (χ1v) is 8.13. The Morgan fingerprint density at radius 3 is 2.72 bits per heavy atom. The van der Waals surface area contributed by atoms with Crippen LogP contribution < -0.4 is 10.4 Å². The summed E-state index contributed by atoms with van der Waals surface area (Å²) in [4.78, 5) is 26.8. The van der Waals surface area contributed by atoms with Crippen molar-refractivity contribution in [2.24, 2.45) is 0 Å². The highest BCUT2D eigenvalue weighted by molar-refractivity contribution is 5.97. The van der Waals surface area contributed by atoms with Gasteiger partial charge in [0.25, 0.3) is 5.91 Å². The van der Waals surface area contributed by atoms with Gasteiger partial charge in [0.1, 0.15) is 16.9 Å². The number of methoxy groups -OCH3 is 1. The molecular weight excluding hydrogens is 318 g/mol. The Bertz CT molecular complexity index is 1020. The number of ether oxygens (including phenoxy) is 1. The monoisotopic (exact) mass is 335 g/mol. The van der Waals surface area contributed by atoms with E-state index in [1.807, 2.05) is 18.2 Å². The third kappa shape index (κ3) is 2.78. The molecule has 1 aromatic heterocycles. The number of rotatable bonds is 2. The van der Waals surface area contributed by atoms with Crippen LogP contribution in [0.4, 0.5) is 0 Å². The number of fused-ring (bicyclic) bond motifs is 2. The van der Waals surface area contributed by atoms with Gasteiger partial charge in [-0.15, -0.1) is 0 Å². The summed E-state index contributed by atoms with van der Waals surface area (Å²) in [6.07, 6.45) is 0.786. The van der Waals surface area contributed by atoms with Crippen molar-refractivity contribution in [1.82, 2.24) is 4.90 Å². The zero-order valence-electron chi connectivity index (χ0n) is 13.8. The second-order valence-corrected chi connectivity index (χ2v) is 6.10. The van der Waals surface area contributed by atoms with Gasteiger partial charge in [-0.2, -0.15) is 0 Å². The lowest BCUT2D eigenvalue weighted by Crippen LogP contribution is -2.38. The quantitative estimate of drug-likeness (QED) is 0.676. The second-order valence-electron chi connectivity index (χ2n) is 6.10. The molecule has 0 atom stereocenters. The fraction of sp³-hybridized carbons (Fsp3) is 0.200. The molecule has 0 saturated heterocycles. The SMILES string of the molecule is COc1ccc2oc(=O)c(C(=O)N3CCc4ccccc4C3)cc2c1. The summed E-state index contributed by atoms with van der Waals surface area (Å²) in [5.41, 5.74) is 2.25. The van der Waals surface area contributed by atoms with E-state index in [0.29, 0.717) is 29.8 Å². The standard InChI is InChI=1S/C20H17NO4/c1-24-16-6-7-18-15(10-16)11-17(20(23)25-18)19(22)21-9-8-13-4-2-3-5-14(13)12-21/h2-7,10-11H,8-9,12H2,1H3. The molecule has 0 unspecified atom stereocenters. The van der Waals surface area contributed by atoms with Crippen LogP contribution in [0.5, 0.6) is 5.75 Å². The van der Waals surface area contributed by atoms with Crippen molar-refractivity contribution >= 4 is 16.9 Å². The first-order chi connectivity index (χ1) is 12.2. The van der Waals surface area contributed by atoms with Gasteiger partial charge in [-0.05, 0) is 41.8 Å². The van der Waals surface area contributed by atoms with Crippen LogP contribution in [0.3, 0.4) is 0 Å². The normalized spacial score (nSPS) is 13.6. The first kappa shape index (κ1) is 15.4. The van der Waals surface area contributed by atoms with Crippen molar-refractivity contribution in [2.75, 3.05) is 13.7 Å². The van der Waals surface area contributed by atoms with Gasteiger partial charge in [-0.3, -0.25) is 4.79 Å². The van der Waals surface area contributed by atoms with Crippen LogP contribution in [0.15, 0.2) is 57.7 Å². The molecule has 1 aliphatic heterocycles. The number of amides is 1. The van der Waals surface area contributed by atoms with E-state index in [4.69, 9.17) is 9.15 Å². The van der Waals surface area contributed by atoms with Crippen LogP contribution in [0.25, 0.3) is 11.0 Å². The predicted molar refractivity (Wildman–Crippen MR) is 93.9 cm³/mol. The Kier molecular flexibility index (Phi) is 3.76. The second kappa shape index (κ2) is 6.09. The maximum Gasteiger partial charge on any atom is 0.349 e. The molecule has 1 aliphatic rings. The van der Waals surface area contributed by atoms with Crippen molar-refractivity contribution in [3.8, 4) is 5.75 Å². The molecule has 0 saturated carbocycles. The summed E-state index contributed by atoms with van der Waals surface area (Å²) in [7, 11) is 1.57. The minimum absolute atomic E-state index is 0.0557. The molecule has 2 aromatic carbocycles. The number of hydrogen-bond donors (Lipinski definition) is 0. The fourth-order valence-corrected chi connectivity index (χ4v) is 3.22. The molecule has 3 aromatic rings. The molecule has 2 heterocycles. The van der Waals surface area contributed by atoms with E-state index in [9.17, 15) is 9.59 Å². The van der Waals surface area contributed by atoms with Crippen LogP contribution >= 0.6 is 0 Å². The first-order valence-electron chi connectivity index (χ1n) is 8.13. The maximum absolute atomic E-state index is 12.9. The minimum Gasteiger partial charge on any atom is -0.497 e. The molecule has 5 heteroatoms. The highest BCUT2D eigenvalue weighted by Crippen LogP contribution is 2.23. The van der Waals surface area contributed by atoms with Crippen molar-refractivity contribution in [1.29, 1.82) is 0 Å². The molecule has 126 valence electrons. The summed E-state index contributed by atoms with van der Waals surface area (Å²) in [6.45, 7) is 1.09. The van der Waals surface area contributed by atoms with Gasteiger partial charge >= 0.3 is 5.63 Å². The Labute approximate surface area is 144 Å². The molecule has 0 spiro atoms. The molecular formula is C20H17NO4. The van der Waals surface area contributed by atoms with Gasteiger partial charge in [-0.25, -0.2) is 4.79 Å². The number of hydrogen-bond acceptors (Lipinski definition) is 4. The molecule has 0 fully saturated rings. The lowest BCUT2D eigenvalue weighted by atomic mass is 9.99. The van der Waals surface area contributed by atoms with E-state index in [1.165, 1.54) is 5.56 Å². The third-order valence-corrected chi connectivity index (χ3v) is 4.59.